The lowest BCUT2D eigenvalue weighted by atomic mass is 9.72. The first kappa shape index (κ1) is 24.6. The summed E-state index contributed by atoms with van der Waals surface area (Å²) < 4.78 is 65.4. The molecule has 1 aromatic heterocycles. The summed E-state index contributed by atoms with van der Waals surface area (Å²) in [5.41, 5.74) is 9.18. The topological polar surface area (TPSA) is 133 Å². The van der Waals surface area contributed by atoms with E-state index in [0.29, 0.717) is 17.8 Å². The zero-order valence-electron chi connectivity index (χ0n) is 19.8. The molecular weight excluding hydrogens is 513 g/mol. The highest BCUT2D eigenvalue weighted by molar-refractivity contribution is 6.43. The van der Waals surface area contributed by atoms with E-state index >= 15 is 0 Å². The van der Waals surface area contributed by atoms with Gasteiger partial charge in [-0.15, -0.1) is 0 Å². The van der Waals surface area contributed by atoms with E-state index in [1.807, 2.05) is 12.2 Å². The number of nitrogen functional groups attached to an aromatic ring is 1. The molecule has 5 heterocycles. The van der Waals surface area contributed by atoms with Gasteiger partial charge in [-0.05, 0) is 37.7 Å². The highest BCUT2D eigenvalue weighted by Crippen LogP contribution is 2.55. The lowest BCUT2D eigenvalue weighted by Gasteiger charge is -2.29. The summed E-state index contributed by atoms with van der Waals surface area (Å²) in [7, 11) is 0. The first-order chi connectivity index (χ1) is 18.0. The van der Waals surface area contributed by atoms with Crippen LogP contribution >= 0.6 is 0 Å². The fourth-order valence-electron chi connectivity index (χ4n) is 5.23. The number of amidine groups is 1. The van der Waals surface area contributed by atoms with Crippen LogP contribution in [-0.4, -0.2) is 63.5 Å². The molecule has 1 atom stereocenters. The number of nitrogens with zero attached hydrogens (tertiary/aromatic N) is 6. The van der Waals surface area contributed by atoms with Crippen LogP contribution in [0.25, 0.3) is 5.70 Å². The van der Waals surface area contributed by atoms with Crippen molar-refractivity contribution in [3.63, 3.8) is 0 Å². The Balaban J connectivity index is 1.38. The van der Waals surface area contributed by atoms with Gasteiger partial charge >= 0.3 is 12.1 Å². The van der Waals surface area contributed by atoms with Crippen molar-refractivity contribution in [1.29, 1.82) is 0 Å². The number of alkyl halides is 5. The maximum atomic E-state index is 13.6. The van der Waals surface area contributed by atoms with E-state index in [9.17, 15) is 26.7 Å². The number of hydrogen-bond donors (Lipinski definition) is 3. The normalized spacial score (nSPS) is 24.9. The Morgan fingerprint density at radius 2 is 1.95 bits per heavy atom. The molecule has 4 N–H and O–H groups in total. The van der Waals surface area contributed by atoms with Crippen molar-refractivity contribution in [2.24, 2.45) is 20.9 Å². The lowest BCUT2D eigenvalue weighted by molar-refractivity contribution is -0.283. The standard InChI is InChI=1S/C23H22F5N9O/c24-21(25,23(26,27)28)7-6-12-19-31-10-32-37(19)9-13(33-12)17-34-16(29)15-18(35-17)36-20(38)22(15,11-4-5-11)14-3-1-2-8-30-14/h1,3,9,11,32H,2,4-8,10H2,(H3,29,34,35,36,38). The molecule has 1 amide bonds. The van der Waals surface area contributed by atoms with E-state index in [1.165, 1.54) is 11.2 Å². The van der Waals surface area contributed by atoms with Gasteiger partial charge in [-0.1, -0.05) is 6.08 Å². The number of hydrogen-bond acceptors (Lipinski definition) is 9. The summed E-state index contributed by atoms with van der Waals surface area (Å²) in [5.74, 6) is -4.87. The average Bonchev–Trinajstić information content (AvgIpc) is 3.52. The Labute approximate surface area is 212 Å². The van der Waals surface area contributed by atoms with Crippen LogP contribution in [-0.2, 0) is 10.2 Å². The number of nitrogens with one attached hydrogen (secondary N) is 2. The number of rotatable bonds is 6. The molecule has 1 fully saturated rings. The molecule has 1 aliphatic carbocycles. The molecular formula is C23H22F5N9O. The molecule has 1 aromatic rings. The number of nitrogens with two attached hydrogens (primary N) is 1. The number of carbonyl (C=O) groups excluding carboxylic acids is 1. The Hall–Kier alpha value is -3.75. The van der Waals surface area contributed by atoms with Crippen molar-refractivity contribution in [2.75, 3.05) is 24.3 Å². The molecule has 6 rings (SSSR count). The molecule has 200 valence electrons. The van der Waals surface area contributed by atoms with Gasteiger partial charge in [0, 0.05) is 13.0 Å². The molecule has 38 heavy (non-hydrogen) atoms. The van der Waals surface area contributed by atoms with Gasteiger partial charge in [0.2, 0.25) is 5.91 Å². The third-order valence-corrected chi connectivity index (χ3v) is 7.15. The average molecular weight is 535 g/mol. The molecule has 4 aliphatic heterocycles. The minimum Gasteiger partial charge on any atom is -0.383 e. The summed E-state index contributed by atoms with van der Waals surface area (Å²) in [5, 5.41) is 4.17. The highest BCUT2D eigenvalue weighted by Gasteiger charge is 2.61. The second kappa shape index (κ2) is 8.38. The van der Waals surface area contributed by atoms with Crippen molar-refractivity contribution in [2.45, 2.75) is 49.6 Å². The number of allylic oxidation sites excluding steroid dienone is 1. The van der Waals surface area contributed by atoms with Gasteiger partial charge in [0.05, 0.1) is 23.2 Å². The second-order valence-corrected chi connectivity index (χ2v) is 9.59. The highest BCUT2D eigenvalue weighted by atomic mass is 19.4. The van der Waals surface area contributed by atoms with Crippen molar-refractivity contribution in [3.05, 3.63) is 29.7 Å². The molecule has 0 bridgehead atoms. The van der Waals surface area contributed by atoms with Gasteiger partial charge in [0.15, 0.2) is 11.7 Å². The minimum absolute atomic E-state index is 0.0108. The largest absolute Gasteiger partial charge is 0.453 e. The van der Waals surface area contributed by atoms with E-state index < -0.39 is 30.4 Å². The molecule has 10 nitrogen and oxygen atoms in total. The molecule has 1 saturated carbocycles. The van der Waals surface area contributed by atoms with Crippen LogP contribution in [0.1, 0.15) is 43.5 Å². The van der Waals surface area contributed by atoms with Crippen LogP contribution in [0.5, 0.6) is 0 Å². The van der Waals surface area contributed by atoms with Crippen LogP contribution in [0.3, 0.4) is 0 Å². The van der Waals surface area contributed by atoms with Crippen molar-refractivity contribution < 1.29 is 26.7 Å². The monoisotopic (exact) mass is 535 g/mol. The van der Waals surface area contributed by atoms with Gasteiger partial charge in [0.1, 0.15) is 29.4 Å². The predicted octanol–water partition coefficient (Wildman–Crippen LogP) is 2.97. The molecule has 0 saturated heterocycles. The zero-order valence-corrected chi connectivity index (χ0v) is 19.8. The Morgan fingerprint density at radius 1 is 1.16 bits per heavy atom. The van der Waals surface area contributed by atoms with Crippen LogP contribution in [0, 0.1) is 5.92 Å². The maximum Gasteiger partial charge on any atom is 0.453 e. The molecule has 5 aliphatic rings. The first-order valence-corrected chi connectivity index (χ1v) is 12.0. The summed E-state index contributed by atoms with van der Waals surface area (Å²) in [6.45, 7) is 0.628. The summed E-state index contributed by atoms with van der Waals surface area (Å²) in [6.07, 6.45) is -0.265. The predicted molar refractivity (Wildman–Crippen MR) is 128 cm³/mol. The van der Waals surface area contributed by atoms with Crippen molar-refractivity contribution in [1.82, 2.24) is 20.4 Å². The van der Waals surface area contributed by atoms with Gasteiger partial charge < -0.3 is 11.1 Å². The number of aliphatic imine (C=N–C) groups is 3. The van der Waals surface area contributed by atoms with Gasteiger partial charge in [-0.25, -0.2) is 25.4 Å². The number of fused-ring (bicyclic) bond motifs is 2. The van der Waals surface area contributed by atoms with Gasteiger partial charge in [-0.3, -0.25) is 14.8 Å². The van der Waals surface area contributed by atoms with Crippen molar-refractivity contribution in [3.8, 4) is 0 Å². The summed E-state index contributed by atoms with van der Waals surface area (Å²) >= 11 is 0. The zero-order chi connectivity index (χ0) is 26.9. The quantitative estimate of drug-likeness (QED) is 0.480. The van der Waals surface area contributed by atoms with Crippen LogP contribution in [0.15, 0.2) is 33.3 Å². The number of amides is 1. The molecule has 1 unspecified atom stereocenters. The van der Waals surface area contributed by atoms with Crippen LogP contribution < -0.4 is 16.5 Å². The lowest BCUT2D eigenvalue weighted by Crippen LogP contribution is -2.45. The molecule has 0 radical (unpaired) electrons. The molecule has 0 spiro atoms. The van der Waals surface area contributed by atoms with E-state index in [1.54, 1.807) is 0 Å². The first-order valence-electron chi connectivity index (χ1n) is 12.0. The maximum absolute atomic E-state index is 13.6. The van der Waals surface area contributed by atoms with Crippen LogP contribution in [0.4, 0.5) is 33.6 Å². The van der Waals surface area contributed by atoms with Crippen molar-refractivity contribution >= 4 is 40.5 Å². The second-order valence-electron chi connectivity index (χ2n) is 9.59. The SMILES string of the molecule is Nc1nc(C2=CN3NCN=C3C(CCC(F)(F)C(F)(F)F)=N2)nc2c1C(C1=NCCC=C1)(C1CC1)C(=O)N2. The Kier molecular flexibility index (Phi) is 5.42. The number of hydrazine groups is 1. The van der Waals surface area contributed by atoms with E-state index in [4.69, 9.17) is 5.73 Å². The van der Waals surface area contributed by atoms with E-state index in [0.717, 1.165) is 19.3 Å². The van der Waals surface area contributed by atoms with E-state index in [-0.39, 0.29) is 53.2 Å². The molecule has 15 heteroatoms. The third-order valence-electron chi connectivity index (χ3n) is 7.15. The van der Waals surface area contributed by atoms with Crippen LogP contribution in [0.2, 0.25) is 0 Å². The smallest absolute Gasteiger partial charge is 0.383 e. The number of anilines is 2. The number of dihydropyridines is 1. The number of halogens is 5. The number of carbonyl (C=O) groups is 1. The third kappa shape index (κ3) is 3.70. The molecule has 0 aromatic carbocycles. The number of aromatic nitrogens is 2. The van der Waals surface area contributed by atoms with E-state index in [2.05, 4.69) is 35.7 Å². The Morgan fingerprint density at radius 3 is 2.63 bits per heavy atom. The summed E-state index contributed by atoms with van der Waals surface area (Å²) in [4.78, 5) is 35.3. The Bertz CT molecular complexity index is 1380. The van der Waals surface area contributed by atoms with Gasteiger partial charge in [-0.2, -0.15) is 22.0 Å². The fraction of sp³-hybridized carbons (Fsp3) is 0.478. The summed E-state index contributed by atoms with van der Waals surface area (Å²) in [6, 6.07) is 0. The minimum atomic E-state index is -5.68. The fourth-order valence-corrected chi connectivity index (χ4v) is 5.23. The van der Waals surface area contributed by atoms with Gasteiger partial charge in [0.25, 0.3) is 0 Å².